The molecule has 2 aliphatic heterocycles. The van der Waals surface area contributed by atoms with Crippen LogP contribution in [0.15, 0.2) is 30.5 Å². The fourth-order valence-corrected chi connectivity index (χ4v) is 3.36. The van der Waals surface area contributed by atoms with Gasteiger partial charge in [-0.15, -0.1) is 0 Å². The second-order valence-electron chi connectivity index (χ2n) is 6.80. The molecule has 0 spiro atoms. The van der Waals surface area contributed by atoms with Gasteiger partial charge in [0.1, 0.15) is 18.5 Å². The number of morpholine rings is 1. The summed E-state index contributed by atoms with van der Waals surface area (Å²) in [5, 5.41) is 0. The van der Waals surface area contributed by atoms with E-state index in [1.54, 1.807) is 0 Å². The maximum atomic E-state index is 12.7. The predicted molar refractivity (Wildman–Crippen MR) is 93.2 cm³/mol. The van der Waals surface area contributed by atoms with Gasteiger partial charge in [-0.25, -0.2) is 4.98 Å². The number of alkyl halides is 3. The lowest BCUT2D eigenvalue weighted by Crippen LogP contribution is -2.44. The molecule has 0 aliphatic carbocycles. The Morgan fingerprint density at radius 3 is 2.96 bits per heavy atom. The summed E-state index contributed by atoms with van der Waals surface area (Å²) in [4.78, 5) is 8.88. The average molecular weight is 395 g/mol. The standard InChI is InChI=1S/C19H20F3N3O3/c20-19(21,22)18-23-5-3-17(24-18)28-12-15-11-25(6-8-26-15)10-13-1-2-16-14(9-13)4-7-27-16/h1-3,5,9,15H,4,6-8,10-12H2. The molecular weight excluding hydrogens is 375 g/mol. The van der Waals surface area contributed by atoms with Crippen LogP contribution in [0.25, 0.3) is 0 Å². The summed E-state index contributed by atoms with van der Waals surface area (Å²) in [7, 11) is 0. The van der Waals surface area contributed by atoms with Crippen LogP contribution in [0.4, 0.5) is 13.2 Å². The molecule has 1 fully saturated rings. The molecule has 6 nitrogen and oxygen atoms in total. The average Bonchev–Trinajstić information content (AvgIpc) is 3.14. The minimum Gasteiger partial charge on any atom is -0.493 e. The Labute approximate surface area is 160 Å². The molecule has 2 aromatic rings. The van der Waals surface area contributed by atoms with Gasteiger partial charge < -0.3 is 14.2 Å². The summed E-state index contributed by atoms with van der Waals surface area (Å²) in [5.41, 5.74) is 2.44. The molecule has 1 atom stereocenters. The summed E-state index contributed by atoms with van der Waals surface area (Å²) in [6, 6.07) is 7.54. The van der Waals surface area contributed by atoms with Crippen molar-refractivity contribution in [1.29, 1.82) is 0 Å². The van der Waals surface area contributed by atoms with E-state index in [1.165, 1.54) is 17.2 Å². The molecule has 0 radical (unpaired) electrons. The molecule has 9 heteroatoms. The van der Waals surface area contributed by atoms with Crippen LogP contribution < -0.4 is 9.47 Å². The molecule has 0 amide bonds. The maximum Gasteiger partial charge on any atom is 0.451 e. The highest BCUT2D eigenvalue weighted by atomic mass is 19.4. The molecule has 0 saturated carbocycles. The quantitative estimate of drug-likeness (QED) is 0.776. The van der Waals surface area contributed by atoms with E-state index < -0.39 is 12.0 Å². The Bertz CT molecular complexity index is 832. The Morgan fingerprint density at radius 1 is 1.21 bits per heavy atom. The SMILES string of the molecule is FC(F)(F)c1nccc(OCC2CN(Cc3ccc4c(c3)CCO4)CCO2)n1. The van der Waals surface area contributed by atoms with Crippen molar-refractivity contribution >= 4 is 0 Å². The van der Waals surface area contributed by atoms with E-state index in [2.05, 4.69) is 27.0 Å². The molecule has 0 N–H and O–H groups in total. The molecule has 1 saturated heterocycles. The summed E-state index contributed by atoms with van der Waals surface area (Å²) >= 11 is 0. The highest BCUT2D eigenvalue weighted by Gasteiger charge is 2.35. The number of ether oxygens (including phenoxy) is 3. The number of hydrogen-bond acceptors (Lipinski definition) is 6. The topological polar surface area (TPSA) is 56.7 Å². The second kappa shape index (κ2) is 7.92. The Kier molecular flexibility index (Phi) is 5.36. The van der Waals surface area contributed by atoms with Crippen molar-refractivity contribution in [3.05, 3.63) is 47.4 Å². The van der Waals surface area contributed by atoms with Crippen LogP contribution in [0.1, 0.15) is 17.0 Å². The number of aromatic nitrogens is 2. The zero-order valence-corrected chi connectivity index (χ0v) is 15.1. The highest BCUT2D eigenvalue weighted by molar-refractivity contribution is 5.39. The Hall–Kier alpha value is -2.39. The van der Waals surface area contributed by atoms with Gasteiger partial charge in [0.2, 0.25) is 11.7 Å². The van der Waals surface area contributed by atoms with Gasteiger partial charge in [-0.3, -0.25) is 4.90 Å². The lowest BCUT2D eigenvalue weighted by molar-refractivity contribution is -0.145. The fourth-order valence-electron chi connectivity index (χ4n) is 3.36. The number of nitrogens with zero attached hydrogens (tertiary/aromatic N) is 3. The molecule has 1 aromatic heterocycles. The van der Waals surface area contributed by atoms with Gasteiger partial charge in [0.15, 0.2) is 0 Å². The van der Waals surface area contributed by atoms with Gasteiger partial charge >= 0.3 is 6.18 Å². The largest absolute Gasteiger partial charge is 0.493 e. The van der Waals surface area contributed by atoms with Crippen molar-refractivity contribution in [3.8, 4) is 11.6 Å². The van der Waals surface area contributed by atoms with Crippen molar-refractivity contribution < 1.29 is 27.4 Å². The Morgan fingerprint density at radius 2 is 2.11 bits per heavy atom. The van der Waals surface area contributed by atoms with E-state index in [0.29, 0.717) is 13.2 Å². The fraction of sp³-hybridized carbons (Fsp3) is 0.474. The minimum absolute atomic E-state index is 0.110. The van der Waals surface area contributed by atoms with Crippen LogP contribution in [-0.2, 0) is 23.9 Å². The maximum absolute atomic E-state index is 12.7. The minimum atomic E-state index is -4.60. The molecule has 1 unspecified atom stereocenters. The molecule has 28 heavy (non-hydrogen) atoms. The van der Waals surface area contributed by atoms with Crippen LogP contribution in [0.3, 0.4) is 0 Å². The summed E-state index contributed by atoms with van der Waals surface area (Å²) in [6.45, 7) is 3.59. The number of hydrogen-bond donors (Lipinski definition) is 0. The molecular formula is C19H20F3N3O3. The summed E-state index contributed by atoms with van der Waals surface area (Å²) in [6.07, 6.45) is -2.87. The zero-order valence-electron chi connectivity index (χ0n) is 15.1. The van der Waals surface area contributed by atoms with E-state index in [1.807, 2.05) is 6.07 Å². The molecule has 3 heterocycles. The predicted octanol–water partition coefficient (Wildman–Crippen LogP) is 2.71. The van der Waals surface area contributed by atoms with Gasteiger partial charge in [-0.05, 0) is 17.2 Å². The number of halogens is 3. The van der Waals surface area contributed by atoms with E-state index in [-0.39, 0.29) is 18.6 Å². The van der Waals surface area contributed by atoms with Crippen molar-refractivity contribution in [2.24, 2.45) is 0 Å². The summed E-state index contributed by atoms with van der Waals surface area (Å²) in [5.74, 6) is -0.362. The van der Waals surface area contributed by atoms with E-state index in [4.69, 9.17) is 14.2 Å². The molecule has 150 valence electrons. The van der Waals surface area contributed by atoms with Crippen molar-refractivity contribution in [2.45, 2.75) is 25.2 Å². The normalized spacial score (nSPS) is 19.9. The number of rotatable bonds is 5. The van der Waals surface area contributed by atoms with E-state index in [9.17, 15) is 13.2 Å². The molecule has 0 bridgehead atoms. The van der Waals surface area contributed by atoms with Crippen LogP contribution in [-0.4, -0.2) is 53.9 Å². The van der Waals surface area contributed by atoms with Crippen LogP contribution in [0, 0.1) is 0 Å². The third kappa shape index (κ3) is 4.53. The van der Waals surface area contributed by atoms with Crippen LogP contribution in [0.5, 0.6) is 11.6 Å². The van der Waals surface area contributed by atoms with Gasteiger partial charge in [0.25, 0.3) is 0 Å². The van der Waals surface area contributed by atoms with E-state index in [0.717, 1.165) is 38.1 Å². The van der Waals surface area contributed by atoms with Gasteiger partial charge in [0, 0.05) is 38.3 Å². The second-order valence-corrected chi connectivity index (χ2v) is 6.80. The van der Waals surface area contributed by atoms with Gasteiger partial charge in [-0.1, -0.05) is 12.1 Å². The monoisotopic (exact) mass is 395 g/mol. The first-order chi connectivity index (χ1) is 13.5. The van der Waals surface area contributed by atoms with Crippen LogP contribution >= 0.6 is 0 Å². The smallest absolute Gasteiger partial charge is 0.451 e. The lowest BCUT2D eigenvalue weighted by atomic mass is 10.1. The Balaban J connectivity index is 1.32. The molecule has 2 aliphatic rings. The first-order valence-corrected chi connectivity index (χ1v) is 9.09. The summed E-state index contributed by atoms with van der Waals surface area (Å²) < 4.78 is 54.7. The van der Waals surface area contributed by atoms with Crippen molar-refractivity contribution in [1.82, 2.24) is 14.9 Å². The molecule has 4 rings (SSSR count). The van der Waals surface area contributed by atoms with Crippen molar-refractivity contribution in [3.63, 3.8) is 0 Å². The third-order valence-corrected chi connectivity index (χ3v) is 4.68. The number of benzene rings is 1. The van der Waals surface area contributed by atoms with Gasteiger partial charge in [-0.2, -0.15) is 18.2 Å². The van der Waals surface area contributed by atoms with Crippen molar-refractivity contribution in [2.75, 3.05) is 32.9 Å². The lowest BCUT2D eigenvalue weighted by Gasteiger charge is -2.32. The zero-order chi connectivity index (χ0) is 19.6. The third-order valence-electron chi connectivity index (χ3n) is 4.68. The first-order valence-electron chi connectivity index (χ1n) is 9.09. The first kappa shape index (κ1) is 18.9. The van der Waals surface area contributed by atoms with Crippen LogP contribution in [0.2, 0.25) is 0 Å². The number of fused-ring (bicyclic) bond motifs is 1. The van der Waals surface area contributed by atoms with Gasteiger partial charge in [0.05, 0.1) is 13.2 Å². The molecule has 1 aromatic carbocycles. The highest BCUT2D eigenvalue weighted by Crippen LogP contribution is 2.28. The van der Waals surface area contributed by atoms with E-state index >= 15 is 0 Å².